The van der Waals surface area contributed by atoms with Gasteiger partial charge in [-0.1, -0.05) is 0 Å². The highest BCUT2D eigenvalue weighted by Crippen LogP contribution is 2.38. The molecule has 0 radical (unpaired) electrons. The molecule has 2 aliphatic rings. The number of hydrogen-bond donors (Lipinski definition) is 1. The van der Waals surface area contributed by atoms with Gasteiger partial charge in [0.05, 0.1) is 12.8 Å². The SMILES string of the molecule is OCc1cc(F)cnc1N(CC1CC1)C1CC1. The second-order valence-electron chi connectivity index (χ2n) is 5.12. The minimum atomic E-state index is -0.375. The van der Waals surface area contributed by atoms with E-state index < -0.39 is 0 Å². The van der Waals surface area contributed by atoms with Gasteiger partial charge >= 0.3 is 0 Å². The molecule has 1 heterocycles. The van der Waals surface area contributed by atoms with E-state index in [9.17, 15) is 9.50 Å². The zero-order chi connectivity index (χ0) is 11.8. The van der Waals surface area contributed by atoms with E-state index in [-0.39, 0.29) is 12.4 Å². The maximum absolute atomic E-state index is 13.1. The Kier molecular flexibility index (Phi) is 2.74. The van der Waals surface area contributed by atoms with Crippen molar-refractivity contribution in [2.24, 2.45) is 5.92 Å². The summed E-state index contributed by atoms with van der Waals surface area (Å²) in [6.45, 7) is 0.865. The van der Waals surface area contributed by atoms with Gasteiger partial charge in [-0.2, -0.15) is 0 Å². The molecule has 1 aromatic heterocycles. The van der Waals surface area contributed by atoms with Crippen molar-refractivity contribution in [1.82, 2.24) is 4.98 Å². The molecule has 1 aromatic rings. The van der Waals surface area contributed by atoms with Crippen LogP contribution in [0.5, 0.6) is 0 Å². The molecule has 92 valence electrons. The molecule has 1 N–H and O–H groups in total. The molecule has 4 heteroatoms. The highest BCUT2D eigenvalue weighted by Gasteiger charge is 2.35. The molecular formula is C13H17FN2O. The van der Waals surface area contributed by atoms with Crippen LogP contribution in [-0.2, 0) is 6.61 Å². The van der Waals surface area contributed by atoms with Gasteiger partial charge in [0.2, 0.25) is 0 Å². The molecule has 3 nitrogen and oxygen atoms in total. The van der Waals surface area contributed by atoms with Crippen LogP contribution in [0, 0.1) is 11.7 Å². The first-order valence-electron chi connectivity index (χ1n) is 6.30. The first kappa shape index (κ1) is 11.0. The first-order valence-corrected chi connectivity index (χ1v) is 6.30. The maximum Gasteiger partial charge on any atom is 0.142 e. The molecule has 0 unspecified atom stereocenters. The smallest absolute Gasteiger partial charge is 0.142 e. The van der Waals surface area contributed by atoms with Gasteiger partial charge < -0.3 is 10.0 Å². The summed E-state index contributed by atoms with van der Waals surface area (Å²) in [5.41, 5.74) is 0.609. The summed E-state index contributed by atoms with van der Waals surface area (Å²) in [6, 6.07) is 1.95. The van der Waals surface area contributed by atoms with Crippen LogP contribution in [0.25, 0.3) is 0 Å². The van der Waals surface area contributed by atoms with E-state index >= 15 is 0 Å². The van der Waals surface area contributed by atoms with Gasteiger partial charge in [0.1, 0.15) is 11.6 Å². The van der Waals surface area contributed by atoms with Crippen molar-refractivity contribution in [3.05, 3.63) is 23.6 Å². The third-order valence-electron chi connectivity index (χ3n) is 3.49. The van der Waals surface area contributed by atoms with Crippen LogP contribution in [0.15, 0.2) is 12.3 Å². The van der Waals surface area contributed by atoms with Gasteiger partial charge in [-0.25, -0.2) is 9.37 Å². The van der Waals surface area contributed by atoms with Crippen LogP contribution in [0.4, 0.5) is 10.2 Å². The number of nitrogens with zero attached hydrogens (tertiary/aromatic N) is 2. The fourth-order valence-corrected chi connectivity index (χ4v) is 2.22. The van der Waals surface area contributed by atoms with Crippen molar-refractivity contribution in [1.29, 1.82) is 0 Å². The van der Waals surface area contributed by atoms with Crippen molar-refractivity contribution >= 4 is 5.82 Å². The lowest BCUT2D eigenvalue weighted by molar-refractivity contribution is 0.280. The van der Waals surface area contributed by atoms with Gasteiger partial charge in [0.25, 0.3) is 0 Å². The number of hydrogen-bond acceptors (Lipinski definition) is 3. The van der Waals surface area contributed by atoms with Crippen LogP contribution in [0.3, 0.4) is 0 Å². The Bertz CT molecular complexity index is 416. The Labute approximate surface area is 100 Å². The van der Waals surface area contributed by atoms with E-state index in [1.54, 1.807) is 0 Å². The van der Waals surface area contributed by atoms with Crippen molar-refractivity contribution < 1.29 is 9.50 Å². The minimum Gasteiger partial charge on any atom is -0.392 e. The number of aliphatic hydroxyl groups is 1. The molecule has 2 saturated carbocycles. The first-order chi connectivity index (χ1) is 8.28. The standard InChI is InChI=1S/C13H17FN2O/c14-11-5-10(8-17)13(15-6-11)16(12-3-4-12)7-9-1-2-9/h5-6,9,12,17H,1-4,7-8H2. The molecule has 0 aromatic carbocycles. The van der Waals surface area contributed by atoms with E-state index in [0.29, 0.717) is 11.6 Å². The maximum atomic E-state index is 13.1. The molecule has 2 fully saturated rings. The molecule has 0 aliphatic heterocycles. The fourth-order valence-electron chi connectivity index (χ4n) is 2.22. The molecule has 3 rings (SSSR count). The van der Waals surface area contributed by atoms with Gasteiger partial charge in [0, 0.05) is 18.2 Å². The Morgan fingerprint density at radius 1 is 1.35 bits per heavy atom. The molecule has 0 spiro atoms. The highest BCUT2D eigenvalue weighted by atomic mass is 19.1. The zero-order valence-corrected chi connectivity index (χ0v) is 9.77. The van der Waals surface area contributed by atoms with Crippen molar-refractivity contribution in [3.8, 4) is 0 Å². The van der Waals surface area contributed by atoms with E-state index in [1.165, 1.54) is 37.9 Å². The third-order valence-corrected chi connectivity index (χ3v) is 3.49. The number of aromatic nitrogens is 1. The average Bonchev–Trinajstić information content (AvgIpc) is 3.18. The molecule has 0 bridgehead atoms. The van der Waals surface area contributed by atoms with Crippen LogP contribution in [0.2, 0.25) is 0 Å². The Morgan fingerprint density at radius 2 is 2.12 bits per heavy atom. The van der Waals surface area contributed by atoms with E-state index in [1.807, 2.05) is 0 Å². The predicted molar refractivity (Wildman–Crippen MR) is 63.2 cm³/mol. The Morgan fingerprint density at radius 3 is 2.71 bits per heavy atom. The van der Waals surface area contributed by atoms with Gasteiger partial charge in [-0.3, -0.25) is 0 Å². The normalized spacial score (nSPS) is 19.4. The molecule has 0 atom stereocenters. The van der Waals surface area contributed by atoms with Gasteiger partial charge in [-0.15, -0.1) is 0 Å². The number of aliphatic hydroxyl groups excluding tert-OH is 1. The van der Waals surface area contributed by atoms with Crippen LogP contribution >= 0.6 is 0 Å². The van der Waals surface area contributed by atoms with E-state index in [0.717, 1.165) is 18.3 Å². The lowest BCUT2D eigenvalue weighted by Gasteiger charge is -2.25. The highest BCUT2D eigenvalue weighted by molar-refractivity contribution is 5.49. The molecule has 2 aliphatic carbocycles. The largest absolute Gasteiger partial charge is 0.392 e. The van der Waals surface area contributed by atoms with Crippen LogP contribution in [-0.4, -0.2) is 22.7 Å². The summed E-state index contributed by atoms with van der Waals surface area (Å²) < 4.78 is 13.1. The number of anilines is 1. The summed E-state index contributed by atoms with van der Waals surface area (Å²) in [5.74, 6) is 1.18. The van der Waals surface area contributed by atoms with Crippen LogP contribution < -0.4 is 4.90 Å². The molecular weight excluding hydrogens is 219 g/mol. The molecule has 0 amide bonds. The summed E-state index contributed by atoms with van der Waals surface area (Å²) >= 11 is 0. The second-order valence-corrected chi connectivity index (χ2v) is 5.12. The Hall–Kier alpha value is -1.16. The quantitative estimate of drug-likeness (QED) is 0.850. The lowest BCUT2D eigenvalue weighted by Crippen LogP contribution is -2.30. The van der Waals surface area contributed by atoms with E-state index in [2.05, 4.69) is 9.88 Å². The second kappa shape index (κ2) is 4.26. The predicted octanol–water partition coefficient (Wildman–Crippen LogP) is 2.09. The topological polar surface area (TPSA) is 36.4 Å². The van der Waals surface area contributed by atoms with Crippen LogP contribution in [0.1, 0.15) is 31.2 Å². The monoisotopic (exact) mass is 236 g/mol. The summed E-state index contributed by atoms with van der Waals surface area (Å²) in [4.78, 5) is 6.45. The number of rotatable bonds is 5. The summed E-state index contributed by atoms with van der Waals surface area (Å²) in [6.07, 6.45) is 6.21. The average molecular weight is 236 g/mol. The number of halogens is 1. The summed E-state index contributed by atoms with van der Waals surface area (Å²) in [5, 5.41) is 9.31. The van der Waals surface area contributed by atoms with Crippen molar-refractivity contribution in [2.75, 3.05) is 11.4 Å². The van der Waals surface area contributed by atoms with Crippen molar-refractivity contribution in [3.63, 3.8) is 0 Å². The van der Waals surface area contributed by atoms with E-state index in [4.69, 9.17) is 0 Å². The summed E-state index contributed by atoms with van der Waals surface area (Å²) in [7, 11) is 0. The minimum absolute atomic E-state index is 0.145. The molecule has 0 saturated heterocycles. The Balaban J connectivity index is 1.87. The van der Waals surface area contributed by atoms with Crippen molar-refractivity contribution in [2.45, 2.75) is 38.3 Å². The third kappa shape index (κ3) is 2.41. The number of pyridine rings is 1. The zero-order valence-electron chi connectivity index (χ0n) is 9.77. The fraction of sp³-hybridized carbons (Fsp3) is 0.615. The van der Waals surface area contributed by atoms with Gasteiger partial charge in [-0.05, 0) is 37.7 Å². The lowest BCUT2D eigenvalue weighted by atomic mass is 10.2. The van der Waals surface area contributed by atoms with Gasteiger partial charge in [0.15, 0.2) is 0 Å². The molecule has 17 heavy (non-hydrogen) atoms.